The van der Waals surface area contributed by atoms with Crippen LogP contribution in [0.25, 0.3) is 0 Å². The molecule has 0 aliphatic heterocycles. The average Bonchev–Trinajstić information content (AvgIpc) is 2.23. The number of methoxy groups -OCH3 is 1. The molecule has 1 aromatic carbocycles. The number of aromatic hydroxyl groups is 1. The van der Waals surface area contributed by atoms with Gasteiger partial charge < -0.3 is 9.84 Å². The fourth-order valence-corrected chi connectivity index (χ4v) is 1.34. The smallest absolute Gasteiger partial charge is 0.308 e. The number of carbonyl (C=O) groups is 1. The number of esters is 1. The van der Waals surface area contributed by atoms with Gasteiger partial charge in [-0.15, -0.1) is 0 Å². The highest BCUT2D eigenvalue weighted by Gasteiger charge is 2.16. The third-order valence-corrected chi connectivity index (χ3v) is 2.19. The molecule has 1 rings (SSSR count). The highest BCUT2D eigenvalue weighted by atomic mass is 19.1. The summed E-state index contributed by atoms with van der Waals surface area (Å²) in [7, 11) is 1.29. The molecule has 1 atom stereocenters. The van der Waals surface area contributed by atoms with Gasteiger partial charge >= 0.3 is 5.97 Å². The Morgan fingerprint density at radius 2 is 2.27 bits per heavy atom. The summed E-state index contributed by atoms with van der Waals surface area (Å²) in [4.78, 5) is 11.1. The maximum atomic E-state index is 13.3. The molecule has 3 nitrogen and oxygen atoms in total. The van der Waals surface area contributed by atoms with Gasteiger partial charge in [-0.3, -0.25) is 4.79 Å². The molecule has 0 fully saturated rings. The molecule has 82 valence electrons. The second kappa shape index (κ2) is 4.77. The van der Waals surface area contributed by atoms with E-state index >= 15 is 0 Å². The molecule has 15 heavy (non-hydrogen) atoms. The van der Waals surface area contributed by atoms with Crippen LogP contribution in [0.3, 0.4) is 0 Å². The van der Waals surface area contributed by atoms with E-state index in [0.717, 1.165) is 0 Å². The molecule has 1 N–H and O–H groups in total. The minimum absolute atomic E-state index is 0.215. The number of carbonyl (C=O) groups excluding carboxylic acids is 1. The third-order valence-electron chi connectivity index (χ3n) is 2.19. The van der Waals surface area contributed by atoms with Gasteiger partial charge in [-0.05, 0) is 18.1 Å². The van der Waals surface area contributed by atoms with E-state index in [1.54, 1.807) is 6.92 Å². The molecule has 0 spiro atoms. The largest absolute Gasteiger partial charge is 0.505 e. The molecule has 0 bridgehead atoms. The van der Waals surface area contributed by atoms with Gasteiger partial charge in [0.25, 0.3) is 0 Å². The van der Waals surface area contributed by atoms with Gasteiger partial charge in [0.05, 0.1) is 13.0 Å². The lowest BCUT2D eigenvalue weighted by Gasteiger charge is -2.10. The quantitative estimate of drug-likeness (QED) is 0.778. The molecule has 0 saturated carbocycles. The zero-order valence-corrected chi connectivity index (χ0v) is 8.66. The summed E-state index contributed by atoms with van der Waals surface area (Å²) < 4.78 is 17.9. The van der Waals surface area contributed by atoms with E-state index in [4.69, 9.17) is 5.11 Å². The summed E-state index contributed by atoms with van der Waals surface area (Å²) in [6, 6.07) is 4.34. The van der Waals surface area contributed by atoms with Crippen LogP contribution in [0.5, 0.6) is 5.75 Å². The van der Waals surface area contributed by atoms with E-state index in [0.29, 0.717) is 5.56 Å². The Balaban J connectivity index is 2.81. The van der Waals surface area contributed by atoms with Crippen LogP contribution in [0.15, 0.2) is 18.2 Å². The van der Waals surface area contributed by atoms with Crippen LogP contribution >= 0.6 is 0 Å². The lowest BCUT2D eigenvalue weighted by Crippen LogP contribution is -2.15. The normalized spacial score (nSPS) is 12.2. The van der Waals surface area contributed by atoms with Crippen molar-refractivity contribution in [3.63, 3.8) is 0 Å². The van der Waals surface area contributed by atoms with E-state index in [9.17, 15) is 9.18 Å². The van der Waals surface area contributed by atoms with Gasteiger partial charge in [0.2, 0.25) is 0 Å². The van der Waals surface area contributed by atoms with Crippen molar-refractivity contribution in [1.82, 2.24) is 0 Å². The summed E-state index contributed by atoms with van der Waals surface area (Å²) in [6.07, 6.45) is 0.215. The molecule has 4 heteroatoms. The molecule has 1 aromatic rings. The molecule has 0 radical (unpaired) electrons. The molecule has 0 heterocycles. The number of hydrogen-bond donors (Lipinski definition) is 1. The molecule has 0 amide bonds. The third kappa shape index (κ3) is 2.68. The molecule has 0 aliphatic carbocycles. The van der Waals surface area contributed by atoms with Crippen molar-refractivity contribution in [2.75, 3.05) is 7.11 Å². The standard InChI is InChI=1S/C11H13FO3/c1-7(11(14)15-2)6-8-4-3-5-9(13)10(8)12/h3-5,7,13H,6H2,1-2H3. The second-order valence-electron chi connectivity index (χ2n) is 3.38. The number of phenolic OH excluding ortho intramolecular Hbond substituents is 1. The number of ether oxygens (including phenoxy) is 1. The topological polar surface area (TPSA) is 46.5 Å². The van der Waals surface area contributed by atoms with Crippen LogP contribution in [0.1, 0.15) is 12.5 Å². The second-order valence-corrected chi connectivity index (χ2v) is 3.38. The summed E-state index contributed by atoms with van der Waals surface area (Å²) in [5.74, 6) is -1.89. The van der Waals surface area contributed by atoms with Gasteiger partial charge in [-0.25, -0.2) is 4.39 Å². The van der Waals surface area contributed by atoms with Crippen LogP contribution < -0.4 is 0 Å². The van der Waals surface area contributed by atoms with Crippen molar-refractivity contribution >= 4 is 5.97 Å². The summed E-state index contributed by atoms with van der Waals surface area (Å²) >= 11 is 0. The highest BCUT2D eigenvalue weighted by Crippen LogP contribution is 2.21. The first-order valence-electron chi connectivity index (χ1n) is 4.60. The minimum atomic E-state index is -0.673. The van der Waals surface area contributed by atoms with Crippen molar-refractivity contribution in [1.29, 1.82) is 0 Å². The van der Waals surface area contributed by atoms with Gasteiger partial charge in [0.15, 0.2) is 11.6 Å². The monoisotopic (exact) mass is 212 g/mol. The minimum Gasteiger partial charge on any atom is -0.505 e. The van der Waals surface area contributed by atoms with E-state index < -0.39 is 23.5 Å². The van der Waals surface area contributed by atoms with E-state index in [1.165, 1.54) is 25.3 Å². The first kappa shape index (κ1) is 11.5. The fraction of sp³-hybridized carbons (Fsp3) is 0.364. The van der Waals surface area contributed by atoms with Crippen LogP contribution in [-0.2, 0) is 16.0 Å². The lowest BCUT2D eigenvalue weighted by molar-refractivity contribution is -0.144. The number of halogens is 1. The van der Waals surface area contributed by atoms with E-state index in [2.05, 4.69) is 4.74 Å². The van der Waals surface area contributed by atoms with Crippen LogP contribution in [0, 0.1) is 11.7 Å². The van der Waals surface area contributed by atoms with E-state index in [-0.39, 0.29) is 6.42 Å². The van der Waals surface area contributed by atoms with Crippen LogP contribution in [-0.4, -0.2) is 18.2 Å². The average molecular weight is 212 g/mol. The number of benzene rings is 1. The molecular formula is C11H13FO3. The maximum absolute atomic E-state index is 13.3. The van der Waals surface area contributed by atoms with Gasteiger partial charge in [-0.2, -0.15) is 0 Å². The number of phenols is 1. The van der Waals surface area contributed by atoms with Crippen molar-refractivity contribution in [2.45, 2.75) is 13.3 Å². The van der Waals surface area contributed by atoms with E-state index in [1.807, 2.05) is 0 Å². The Morgan fingerprint density at radius 3 is 2.87 bits per heavy atom. The van der Waals surface area contributed by atoms with Gasteiger partial charge in [0, 0.05) is 0 Å². The van der Waals surface area contributed by atoms with Crippen molar-refractivity contribution in [2.24, 2.45) is 5.92 Å². The van der Waals surface area contributed by atoms with Crippen LogP contribution in [0.4, 0.5) is 4.39 Å². The Labute approximate surface area is 87.5 Å². The Bertz CT molecular complexity index is 363. The molecule has 0 aliphatic rings. The predicted molar refractivity (Wildman–Crippen MR) is 52.9 cm³/mol. The van der Waals surface area contributed by atoms with Gasteiger partial charge in [0.1, 0.15) is 0 Å². The SMILES string of the molecule is COC(=O)C(C)Cc1cccc(O)c1F. The summed E-state index contributed by atoms with van der Waals surface area (Å²) in [6.45, 7) is 1.65. The first-order valence-corrected chi connectivity index (χ1v) is 4.60. The maximum Gasteiger partial charge on any atom is 0.308 e. The zero-order valence-electron chi connectivity index (χ0n) is 8.66. The van der Waals surface area contributed by atoms with Crippen molar-refractivity contribution in [3.05, 3.63) is 29.6 Å². The lowest BCUT2D eigenvalue weighted by atomic mass is 10.0. The molecule has 0 saturated heterocycles. The fourth-order valence-electron chi connectivity index (χ4n) is 1.34. The van der Waals surface area contributed by atoms with Gasteiger partial charge in [-0.1, -0.05) is 19.1 Å². The zero-order chi connectivity index (χ0) is 11.4. The summed E-state index contributed by atoms with van der Waals surface area (Å²) in [5, 5.41) is 9.12. The van der Waals surface area contributed by atoms with Crippen LogP contribution in [0.2, 0.25) is 0 Å². The van der Waals surface area contributed by atoms with Crippen molar-refractivity contribution < 1.29 is 19.0 Å². The predicted octanol–water partition coefficient (Wildman–Crippen LogP) is 1.88. The summed E-state index contributed by atoms with van der Waals surface area (Å²) in [5.41, 5.74) is 0.313. The van der Waals surface area contributed by atoms with Crippen molar-refractivity contribution in [3.8, 4) is 5.75 Å². The Kier molecular flexibility index (Phi) is 3.66. The Hall–Kier alpha value is -1.58. The highest BCUT2D eigenvalue weighted by molar-refractivity contribution is 5.72. The molecule has 1 unspecified atom stereocenters. The molecular weight excluding hydrogens is 199 g/mol. The Morgan fingerprint density at radius 1 is 1.60 bits per heavy atom. The molecule has 0 aromatic heterocycles. The first-order chi connectivity index (χ1) is 7.06. The number of rotatable bonds is 3. The number of hydrogen-bond acceptors (Lipinski definition) is 3.